The molecule has 3 N–H and O–H groups in total. The number of hydrogen-bond donors (Lipinski definition) is 2. The largest absolute Gasteiger partial charge is 0.382 e. The number of anilines is 1. The van der Waals surface area contributed by atoms with Gasteiger partial charge in [0.15, 0.2) is 0 Å². The maximum absolute atomic E-state index is 5.91. The van der Waals surface area contributed by atoms with Crippen molar-refractivity contribution in [3.63, 3.8) is 0 Å². The molecule has 0 radical (unpaired) electrons. The van der Waals surface area contributed by atoms with Crippen LogP contribution in [0.5, 0.6) is 0 Å². The molecule has 19 heavy (non-hydrogen) atoms. The predicted octanol–water partition coefficient (Wildman–Crippen LogP) is 2.87. The summed E-state index contributed by atoms with van der Waals surface area (Å²) in [4.78, 5) is 8.73. The first-order valence-electron chi connectivity index (χ1n) is 6.24. The zero-order valence-electron chi connectivity index (χ0n) is 10.9. The fourth-order valence-corrected chi connectivity index (χ4v) is 1.88. The number of aromatic nitrogens is 2. The number of hydrogen-bond acceptors (Lipinski definition) is 4. The minimum atomic E-state index is 0.663. The standard InChI is InChI=1S/C14H17ClN4/c1-10-18-9-13(17-8-2-7-16)14(19-10)11-3-5-12(15)6-4-11/h3-6,9,17H,2,7-8,16H2,1H3. The van der Waals surface area contributed by atoms with Gasteiger partial charge in [-0.25, -0.2) is 9.97 Å². The highest BCUT2D eigenvalue weighted by molar-refractivity contribution is 6.30. The summed E-state index contributed by atoms with van der Waals surface area (Å²) in [6.45, 7) is 3.35. The SMILES string of the molecule is Cc1ncc(NCCCN)c(-c2ccc(Cl)cc2)n1. The number of nitrogens with two attached hydrogens (primary N) is 1. The highest BCUT2D eigenvalue weighted by Gasteiger charge is 2.07. The first-order chi connectivity index (χ1) is 9.20. The summed E-state index contributed by atoms with van der Waals surface area (Å²) < 4.78 is 0. The van der Waals surface area contributed by atoms with Crippen LogP contribution >= 0.6 is 11.6 Å². The number of rotatable bonds is 5. The Morgan fingerprint density at radius 1 is 1.26 bits per heavy atom. The van der Waals surface area contributed by atoms with Gasteiger partial charge in [0, 0.05) is 17.1 Å². The lowest BCUT2D eigenvalue weighted by Crippen LogP contribution is -2.10. The van der Waals surface area contributed by atoms with E-state index < -0.39 is 0 Å². The van der Waals surface area contributed by atoms with Crippen LogP contribution < -0.4 is 11.1 Å². The number of aryl methyl sites for hydroxylation is 1. The first-order valence-corrected chi connectivity index (χ1v) is 6.62. The van der Waals surface area contributed by atoms with Gasteiger partial charge in [-0.1, -0.05) is 23.7 Å². The Morgan fingerprint density at radius 2 is 2.00 bits per heavy atom. The van der Waals surface area contributed by atoms with Crippen molar-refractivity contribution < 1.29 is 0 Å². The first kappa shape index (κ1) is 13.8. The molecule has 0 spiro atoms. The fraction of sp³-hybridized carbons (Fsp3) is 0.286. The summed E-state index contributed by atoms with van der Waals surface area (Å²) in [5.41, 5.74) is 8.32. The van der Waals surface area contributed by atoms with Crippen LogP contribution in [0.15, 0.2) is 30.5 Å². The molecule has 0 aliphatic heterocycles. The number of benzene rings is 1. The summed E-state index contributed by atoms with van der Waals surface area (Å²) in [5, 5.41) is 4.03. The maximum atomic E-state index is 5.91. The summed E-state index contributed by atoms with van der Waals surface area (Å²) >= 11 is 5.91. The zero-order chi connectivity index (χ0) is 13.7. The Morgan fingerprint density at radius 3 is 2.68 bits per heavy atom. The molecule has 5 heteroatoms. The Labute approximate surface area is 118 Å². The van der Waals surface area contributed by atoms with E-state index in [4.69, 9.17) is 17.3 Å². The van der Waals surface area contributed by atoms with Crippen molar-refractivity contribution in [1.82, 2.24) is 9.97 Å². The Bertz CT molecular complexity index is 540. The van der Waals surface area contributed by atoms with Gasteiger partial charge in [0.25, 0.3) is 0 Å². The van der Waals surface area contributed by atoms with Crippen LogP contribution in [0.25, 0.3) is 11.3 Å². The van der Waals surface area contributed by atoms with Crippen LogP contribution in [0.2, 0.25) is 5.02 Å². The van der Waals surface area contributed by atoms with Crippen LogP contribution in [-0.2, 0) is 0 Å². The third kappa shape index (κ3) is 3.66. The lowest BCUT2D eigenvalue weighted by atomic mass is 10.1. The third-order valence-electron chi connectivity index (χ3n) is 2.72. The lowest BCUT2D eigenvalue weighted by molar-refractivity contribution is 0.872. The van der Waals surface area contributed by atoms with Crippen LogP contribution in [-0.4, -0.2) is 23.1 Å². The van der Waals surface area contributed by atoms with Crippen molar-refractivity contribution in [3.05, 3.63) is 41.3 Å². The second-order valence-electron chi connectivity index (χ2n) is 4.26. The summed E-state index contributed by atoms with van der Waals surface area (Å²) in [7, 11) is 0. The van der Waals surface area contributed by atoms with Crippen molar-refractivity contribution in [3.8, 4) is 11.3 Å². The van der Waals surface area contributed by atoms with Crippen LogP contribution in [0.3, 0.4) is 0 Å². The summed E-state index contributed by atoms with van der Waals surface area (Å²) in [6.07, 6.45) is 2.72. The van der Waals surface area contributed by atoms with E-state index in [1.807, 2.05) is 37.4 Å². The van der Waals surface area contributed by atoms with Crippen LogP contribution in [0.4, 0.5) is 5.69 Å². The lowest BCUT2D eigenvalue weighted by Gasteiger charge is -2.11. The molecule has 0 unspecified atom stereocenters. The number of nitrogens with zero attached hydrogens (tertiary/aromatic N) is 2. The normalized spacial score (nSPS) is 10.5. The van der Waals surface area contributed by atoms with Crippen molar-refractivity contribution in [2.75, 3.05) is 18.4 Å². The van der Waals surface area contributed by atoms with Gasteiger partial charge < -0.3 is 11.1 Å². The topological polar surface area (TPSA) is 63.8 Å². The number of halogens is 1. The molecular weight excluding hydrogens is 260 g/mol. The van der Waals surface area contributed by atoms with Gasteiger partial charge in [-0.2, -0.15) is 0 Å². The van der Waals surface area contributed by atoms with E-state index in [1.165, 1.54) is 0 Å². The van der Waals surface area contributed by atoms with E-state index >= 15 is 0 Å². The summed E-state index contributed by atoms with van der Waals surface area (Å²) in [6, 6.07) is 7.63. The van der Waals surface area contributed by atoms with Crippen molar-refractivity contribution in [2.24, 2.45) is 5.73 Å². The average molecular weight is 277 g/mol. The van der Waals surface area contributed by atoms with Crippen molar-refractivity contribution in [1.29, 1.82) is 0 Å². The molecular formula is C14H17ClN4. The van der Waals surface area contributed by atoms with Gasteiger partial charge in [-0.3, -0.25) is 0 Å². The molecule has 1 aromatic heterocycles. The smallest absolute Gasteiger partial charge is 0.126 e. The maximum Gasteiger partial charge on any atom is 0.126 e. The average Bonchev–Trinajstić information content (AvgIpc) is 2.41. The Kier molecular flexibility index (Phi) is 4.71. The molecule has 0 saturated heterocycles. The zero-order valence-corrected chi connectivity index (χ0v) is 11.6. The molecule has 0 fully saturated rings. The molecule has 0 saturated carbocycles. The van der Waals surface area contributed by atoms with E-state index in [0.717, 1.165) is 35.7 Å². The quantitative estimate of drug-likeness (QED) is 0.824. The van der Waals surface area contributed by atoms with E-state index in [-0.39, 0.29) is 0 Å². The van der Waals surface area contributed by atoms with Crippen LogP contribution in [0.1, 0.15) is 12.2 Å². The van der Waals surface area contributed by atoms with Gasteiger partial charge >= 0.3 is 0 Å². The second kappa shape index (κ2) is 6.50. The molecule has 2 rings (SSSR count). The molecule has 2 aromatic rings. The second-order valence-corrected chi connectivity index (χ2v) is 4.69. The number of nitrogens with one attached hydrogen (secondary N) is 1. The molecule has 1 heterocycles. The van der Waals surface area contributed by atoms with Crippen LogP contribution in [0, 0.1) is 6.92 Å². The monoisotopic (exact) mass is 276 g/mol. The molecule has 1 aromatic carbocycles. The molecule has 0 bridgehead atoms. The molecule has 100 valence electrons. The van der Waals surface area contributed by atoms with Gasteiger partial charge in [-0.05, 0) is 32.0 Å². The Hall–Kier alpha value is -1.65. The highest BCUT2D eigenvalue weighted by Crippen LogP contribution is 2.26. The molecule has 0 aliphatic carbocycles. The van der Waals surface area contributed by atoms with Gasteiger partial charge in [-0.15, -0.1) is 0 Å². The van der Waals surface area contributed by atoms with Crippen molar-refractivity contribution >= 4 is 17.3 Å². The summed E-state index contributed by atoms with van der Waals surface area (Å²) in [5.74, 6) is 0.745. The van der Waals surface area contributed by atoms with Gasteiger partial charge in [0.05, 0.1) is 17.6 Å². The van der Waals surface area contributed by atoms with E-state index in [0.29, 0.717) is 11.6 Å². The minimum Gasteiger partial charge on any atom is -0.382 e. The van der Waals surface area contributed by atoms with Gasteiger partial charge in [0.1, 0.15) is 5.82 Å². The van der Waals surface area contributed by atoms with Gasteiger partial charge in [0.2, 0.25) is 0 Å². The highest BCUT2D eigenvalue weighted by atomic mass is 35.5. The predicted molar refractivity (Wildman–Crippen MR) is 79.4 cm³/mol. The van der Waals surface area contributed by atoms with E-state index in [2.05, 4.69) is 15.3 Å². The minimum absolute atomic E-state index is 0.663. The molecule has 4 nitrogen and oxygen atoms in total. The fourth-order valence-electron chi connectivity index (χ4n) is 1.75. The Balaban J connectivity index is 2.31. The van der Waals surface area contributed by atoms with E-state index in [9.17, 15) is 0 Å². The van der Waals surface area contributed by atoms with Crippen molar-refractivity contribution in [2.45, 2.75) is 13.3 Å². The molecule has 0 amide bonds. The van der Waals surface area contributed by atoms with E-state index in [1.54, 1.807) is 0 Å². The third-order valence-corrected chi connectivity index (χ3v) is 2.98. The molecule has 0 atom stereocenters. The molecule has 0 aliphatic rings.